The lowest BCUT2D eigenvalue weighted by Crippen LogP contribution is -2.39. The third-order valence-electron chi connectivity index (χ3n) is 2.59. The third kappa shape index (κ3) is 4.75. The molecule has 0 bridgehead atoms. The lowest BCUT2D eigenvalue weighted by atomic mass is 9.96. The summed E-state index contributed by atoms with van der Waals surface area (Å²) in [4.78, 5) is 34.5. The lowest BCUT2D eigenvalue weighted by Gasteiger charge is -2.17. The van der Waals surface area contributed by atoms with Crippen LogP contribution in [0.1, 0.15) is 31.1 Å². The first-order valence-corrected chi connectivity index (χ1v) is 6.60. The number of hydrogen-bond donors (Lipinski definition) is 3. The van der Waals surface area contributed by atoms with E-state index in [4.69, 9.17) is 16.7 Å². The van der Waals surface area contributed by atoms with Crippen molar-refractivity contribution in [3.8, 4) is 0 Å². The second-order valence-corrected chi connectivity index (χ2v) is 5.86. The third-order valence-corrected chi connectivity index (χ3v) is 2.91. The summed E-state index contributed by atoms with van der Waals surface area (Å²) in [6.07, 6.45) is 0. The predicted octanol–water partition coefficient (Wildman–Crippen LogP) is 2.14. The Morgan fingerprint density at radius 3 is 2.38 bits per heavy atom. The standard InChI is InChI=1S/C14H17ClN2O4/c1-14(2,3)13(21)16-7-10(18)17-9-6-4-5-8(15)11(9)12(19)20/h4-6H,7H2,1-3H3,(H,16,21)(H,17,18)(H,19,20). The number of carboxylic acid groups (broad SMARTS) is 1. The van der Waals surface area contributed by atoms with E-state index in [0.717, 1.165) is 0 Å². The molecule has 1 rings (SSSR count). The van der Waals surface area contributed by atoms with Gasteiger partial charge in [-0.15, -0.1) is 0 Å². The van der Waals surface area contributed by atoms with Crippen LogP contribution >= 0.6 is 11.6 Å². The van der Waals surface area contributed by atoms with E-state index in [2.05, 4.69) is 10.6 Å². The second kappa shape index (κ2) is 6.58. The van der Waals surface area contributed by atoms with E-state index in [1.165, 1.54) is 18.2 Å². The zero-order valence-corrected chi connectivity index (χ0v) is 12.7. The zero-order valence-electron chi connectivity index (χ0n) is 12.0. The smallest absolute Gasteiger partial charge is 0.339 e. The van der Waals surface area contributed by atoms with E-state index in [1.807, 2.05) is 0 Å². The van der Waals surface area contributed by atoms with Gasteiger partial charge in [-0.25, -0.2) is 4.79 Å². The Hall–Kier alpha value is -2.08. The van der Waals surface area contributed by atoms with Crippen molar-refractivity contribution in [3.63, 3.8) is 0 Å². The van der Waals surface area contributed by atoms with Gasteiger partial charge in [-0.2, -0.15) is 0 Å². The topological polar surface area (TPSA) is 95.5 Å². The minimum absolute atomic E-state index is 0.0269. The van der Waals surface area contributed by atoms with E-state index in [0.29, 0.717) is 0 Å². The van der Waals surface area contributed by atoms with Crippen molar-refractivity contribution >= 4 is 35.1 Å². The predicted molar refractivity (Wildman–Crippen MR) is 79.5 cm³/mol. The molecule has 0 aromatic heterocycles. The highest BCUT2D eigenvalue weighted by molar-refractivity contribution is 6.34. The molecule has 0 saturated carbocycles. The van der Waals surface area contributed by atoms with Gasteiger partial charge in [-0.3, -0.25) is 9.59 Å². The molecule has 0 aliphatic heterocycles. The largest absolute Gasteiger partial charge is 0.478 e. The normalized spacial score (nSPS) is 10.9. The van der Waals surface area contributed by atoms with Crippen molar-refractivity contribution in [1.82, 2.24) is 5.32 Å². The molecule has 0 atom stereocenters. The number of carboxylic acids is 1. The van der Waals surface area contributed by atoms with Crippen molar-refractivity contribution in [1.29, 1.82) is 0 Å². The van der Waals surface area contributed by atoms with Gasteiger partial charge in [0.2, 0.25) is 11.8 Å². The number of rotatable bonds is 4. The summed E-state index contributed by atoms with van der Waals surface area (Å²) in [5, 5.41) is 14.0. The van der Waals surface area contributed by atoms with Crippen LogP contribution in [-0.4, -0.2) is 29.4 Å². The molecule has 114 valence electrons. The molecule has 0 unspecified atom stereocenters. The minimum atomic E-state index is -1.24. The van der Waals surface area contributed by atoms with Crippen LogP contribution < -0.4 is 10.6 Å². The van der Waals surface area contributed by atoms with Crippen LogP contribution in [0.25, 0.3) is 0 Å². The second-order valence-electron chi connectivity index (χ2n) is 5.45. The summed E-state index contributed by atoms with van der Waals surface area (Å²) in [6, 6.07) is 4.37. The molecular formula is C14H17ClN2O4. The van der Waals surface area contributed by atoms with Gasteiger partial charge >= 0.3 is 5.97 Å². The molecule has 21 heavy (non-hydrogen) atoms. The minimum Gasteiger partial charge on any atom is -0.478 e. The molecule has 0 radical (unpaired) electrons. The van der Waals surface area contributed by atoms with Crippen LogP contribution in [0.4, 0.5) is 5.69 Å². The highest BCUT2D eigenvalue weighted by atomic mass is 35.5. The molecular weight excluding hydrogens is 296 g/mol. The maximum Gasteiger partial charge on any atom is 0.339 e. The van der Waals surface area contributed by atoms with Crippen molar-refractivity contribution in [3.05, 3.63) is 28.8 Å². The fourth-order valence-corrected chi connectivity index (χ4v) is 1.72. The van der Waals surface area contributed by atoms with Crippen molar-refractivity contribution in [2.45, 2.75) is 20.8 Å². The number of halogens is 1. The molecule has 7 heteroatoms. The Balaban J connectivity index is 2.75. The molecule has 0 spiro atoms. The monoisotopic (exact) mass is 312 g/mol. The van der Waals surface area contributed by atoms with Crippen LogP contribution in [0.2, 0.25) is 5.02 Å². The fourth-order valence-electron chi connectivity index (χ4n) is 1.47. The number of aromatic carboxylic acids is 1. The molecule has 0 fully saturated rings. The summed E-state index contributed by atoms with van der Waals surface area (Å²) in [6.45, 7) is 4.92. The van der Waals surface area contributed by atoms with Gasteiger partial charge < -0.3 is 15.7 Å². The van der Waals surface area contributed by atoms with Crippen LogP contribution in [0.5, 0.6) is 0 Å². The Morgan fingerprint density at radius 1 is 1.24 bits per heavy atom. The number of benzene rings is 1. The maximum atomic E-state index is 11.8. The fraction of sp³-hybridized carbons (Fsp3) is 0.357. The molecule has 2 amide bonds. The summed E-state index contributed by atoms with van der Waals surface area (Å²) in [5.41, 5.74) is -0.706. The van der Waals surface area contributed by atoms with Gasteiger partial charge in [0.05, 0.1) is 17.3 Å². The van der Waals surface area contributed by atoms with E-state index < -0.39 is 17.3 Å². The first-order valence-electron chi connectivity index (χ1n) is 6.23. The summed E-state index contributed by atoms with van der Waals surface area (Å²) in [7, 11) is 0. The van der Waals surface area contributed by atoms with Crippen LogP contribution in [0.3, 0.4) is 0 Å². The number of carbonyl (C=O) groups excluding carboxylic acids is 2. The highest BCUT2D eigenvalue weighted by Crippen LogP contribution is 2.24. The summed E-state index contributed by atoms with van der Waals surface area (Å²) < 4.78 is 0. The Kier molecular flexibility index (Phi) is 5.32. The van der Waals surface area contributed by atoms with Gasteiger partial charge in [0.15, 0.2) is 0 Å². The van der Waals surface area contributed by atoms with Gasteiger partial charge in [-0.05, 0) is 12.1 Å². The van der Waals surface area contributed by atoms with Crippen molar-refractivity contribution in [2.75, 3.05) is 11.9 Å². The Bertz CT molecular complexity index is 579. The van der Waals surface area contributed by atoms with E-state index in [9.17, 15) is 14.4 Å². The van der Waals surface area contributed by atoms with Crippen LogP contribution in [0, 0.1) is 5.41 Å². The quantitative estimate of drug-likeness (QED) is 0.793. The van der Waals surface area contributed by atoms with Gasteiger partial charge in [0.1, 0.15) is 5.56 Å². The Morgan fingerprint density at radius 2 is 1.86 bits per heavy atom. The SMILES string of the molecule is CC(C)(C)C(=O)NCC(=O)Nc1cccc(Cl)c1C(=O)O. The van der Waals surface area contributed by atoms with E-state index in [1.54, 1.807) is 20.8 Å². The average molecular weight is 313 g/mol. The number of hydrogen-bond acceptors (Lipinski definition) is 3. The van der Waals surface area contributed by atoms with Gasteiger partial charge in [0, 0.05) is 5.41 Å². The first-order chi connectivity index (χ1) is 9.62. The number of amides is 2. The van der Waals surface area contributed by atoms with E-state index in [-0.39, 0.29) is 28.7 Å². The molecule has 0 saturated heterocycles. The molecule has 6 nitrogen and oxygen atoms in total. The van der Waals surface area contributed by atoms with Crippen molar-refractivity contribution in [2.24, 2.45) is 5.41 Å². The maximum absolute atomic E-state index is 11.8. The molecule has 3 N–H and O–H groups in total. The van der Waals surface area contributed by atoms with Gasteiger partial charge in [-0.1, -0.05) is 38.4 Å². The molecule has 0 aliphatic rings. The van der Waals surface area contributed by atoms with Crippen LogP contribution in [-0.2, 0) is 9.59 Å². The van der Waals surface area contributed by atoms with Crippen LogP contribution in [0.15, 0.2) is 18.2 Å². The first kappa shape index (κ1) is 17.0. The molecule has 1 aromatic carbocycles. The average Bonchev–Trinajstić information content (AvgIpc) is 2.34. The van der Waals surface area contributed by atoms with Crippen molar-refractivity contribution < 1.29 is 19.5 Å². The van der Waals surface area contributed by atoms with E-state index >= 15 is 0 Å². The molecule has 0 heterocycles. The zero-order chi connectivity index (χ0) is 16.2. The summed E-state index contributed by atoms with van der Waals surface area (Å²) in [5.74, 6) is -2.05. The summed E-state index contributed by atoms with van der Waals surface area (Å²) >= 11 is 5.79. The Labute approximate surface area is 127 Å². The molecule has 0 aliphatic carbocycles. The lowest BCUT2D eigenvalue weighted by molar-refractivity contribution is -0.130. The number of carbonyl (C=O) groups is 3. The van der Waals surface area contributed by atoms with Gasteiger partial charge in [0.25, 0.3) is 0 Å². The number of anilines is 1. The highest BCUT2D eigenvalue weighted by Gasteiger charge is 2.22. The molecule has 1 aromatic rings. The number of nitrogens with one attached hydrogen (secondary N) is 2.